The van der Waals surface area contributed by atoms with E-state index in [-0.39, 0.29) is 17.5 Å². The van der Waals surface area contributed by atoms with E-state index in [0.717, 1.165) is 15.6 Å². The molecule has 0 heterocycles. The maximum atomic E-state index is 12.8. The first-order valence-corrected chi connectivity index (χ1v) is 10.1. The van der Waals surface area contributed by atoms with Crippen LogP contribution in [-0.4, -0.2) is 18.9 Å². The predicted molar refractivity (Wildman–Crippen MR) is 121 cm³/mol. The van der Waals surface area contributed by atoms with Gasteiger partial charge in [0.25, 0.3) is 11.8 Å². The van der Waals surface area contributed by atoms with E-state index in [2.05, 4.69) is 26.6 Å². The molecular formula is C24H21BrN2O3. The monoisotopic (exact) mass is 464 g/mol. The Kier molecular flexibility index (Phi) is 7.40. The van der Waals surface area contributed by atoms with Crippen molar-refractivity contribution in [1.29, 1.82) is 0 Å². The van der Waals surface area contributed by atoms with E-state index in [1.807, 2.05) is 42.5 Å². The van der Waals surface area contributed by atoms with Gasteiger partial charge in [-0.25, -0.2) is 0 Å². The standard InChI is InChI=1S/C24H21BrN2O3/c1-30-21-13-7-17(8-14-21)15-22(24(29)26-16-18-5-3-2-4-6-18)27-23(28)19-9-11-20(25)12-10-19/h2-15H,16H2,1H3,(H,26,29)(H,27,28)/b22-15+. The fourth-order valence-corrected chi connectivity index (χ4v) is 2.96. The summed E-state index contributed by atoms with van der Waals surface area (Å²) in [6, 6.07) is 23.7. The number of hydrogen-bond acceptors (Lipinski definition) is 3. The minimum atomic E-state index is -0.375. The van der Waals surface area contributed by atoms with Crippen LogP contribution in [-0.2, 0) is 11.3 Å². The van der Waals surface area contributed by atoms with E-state index in [4.69, 9.17) is 4.74 Å². The average molecular weight is 465 g/mol. The molecule has 0 bridgehead atoms. The molecule has 152 valence electrons. The van der Waals surface area contributed by atoms with Crippen molar-refractivity contribution in [1.82, 2.24) is 10.6 Å². The zero-order valence-electron chi connectivity index (χ0n) is 16.4. The lowest BCUT2D eigenvalue weighted by Crippen LogP contribution is -2.34. The highest BCUT2D eigenvalue weighted by Crippen LogP contribution is 2.15. The summed E-state index contributed by atoms with van der Waals surface area (Å²) in [4.78, 5) is 25.5. The van der Waals surface area contributed by atoms with E-state index in [9.17, 15) is 9.59 Å². The normalized spacial score (nSPS) is 10.9. The number of hydrogen-bond donors (Lipinski definition) is 2. The highest BCUT2D eigenvalue weighted by Gasteiger charge is 2.14. The second kappa shape index (κ2) is 10.4. The van der Waals surface area contributed by atoms with Crippen LogP contribution in [0.2, 0.25) is 0 Å². The number of carbonyl (C=O) groups is 2. The van der Waals surface area contributed by atoms with Crippen molar-refractivity contribution >= 4 is 33.8 Å². The number of nitrogens with one attached hydrogen (secondary N) is 2. The molecule has 0 spiro atoms. The molecule has 2 amide bonds. The number of benzene rings is 3. The van der Waals surface area contributed by atoms with E-state index in [1.165, 1.54) is 0 Å². The molecule has 0 aliphatic carbocycles. The zero-order valence-corrected chi connectivity index (χ0v) is 18.0. The molecule has 3 aromatic carbocycles. The quantitative estimate of drug-likeness (QED) is 0.504. The van der Waals surface area contributed by atoms with Gasteiger partial charge in [0.15, 0.2) is 0 Å². The van der Waals surface area contributed by atoms with Gasteiger partial charge in [-0.3, -0.25) is 9.59 Å². The summed E-state index contributed by atoms with van der Waals surface area (Å²) >= 11 is 3.35. The third-order valence-corrected chi connectivity index (χ3v) is 4.85. The van der Waals surface area contributed by atoms with Gasteiger partial charge in [-0.15, -0.1) is 0 Å². The Morgan fingerprint density at radius 1 is 0.933 bits per heavy atom. The molecule has 30 heavy (non-hydrogen) atoms. The molecule has 2 N–H and O–H groups in total. The molecule has 3 aromatic rings. The maximum Gasteiger partial charge on any atom is 0.268 e. The van der Waals surface area contributed by atoms with Crippen LogP contribution < -0.4 is 15.4 Å². The summed E-state index contributed by atoms with van der Waals surface area (Å²) in [6.45, 7) is 0.355. The number of halogens is 1. The molecule has 0 unspecified atom stereocenters. The van der Waals surface area contributed by atoms with Crippen LogP contribution in [0.4, 0.5) is 0 Å². The van der Waals surface area contributed by atoms with Gasteiger partial charge in [0.1, 0.15) is 11.4 Å². The van der Waals surface area contributed by atoms with Gasteiger partial charge in [-0.1, -0.05) is 58.4 Å². The lowest BCUT2D eigenvalue weighted by molar-refractivity contribution is -0.117. The Balaban J connectivity index is 1.81. The molecule has 6 heteroatoms. The molecular weight excluding hydrogens is 444 g/mol. The average Bonchev–Trinajstić information content (AvgIpc) is 2.78. The third-order valence-electron chi connectivity index (χ3n) is 4.32. The van der Waals surface area contributed by atoms with Gasteiger partial charge in [0.2, 0.25) is 0 Å². The van der Waals surface area contributed by atoms with Gasteiger partial charge in [-0.05, 0) is 53.6 Å². The van der Waals surface area contributed by atoms with Crippen LogP contribution in [0.3, 0.4) is 0 Å². The topological polar surface area (TPSA) is 67.4 Å². The minimum absolute atomic E-state index is 0.156. The van der Waals surface area contributed by atoms with Crippen molar-refractivity contribution in [3.05, 3.63) is 106 Å². The molecule has 0 aliphatic rings. The number of rotatable bonds is 7. The summed E-state index contributed by atoms with van der Waals surface area (Å²) in [6.07, 6.45) is 1.64. The lowest BCUT2D eigenvalue weighted by atomic mass is 10.1. The summed E-state index contributed by atoms with van der Waals surface area (Å²) in [5.41, 5.74) is 2.34. The Bertz CT molecular complexity index is 1030. The van der Waals surface area contributed by atoms with Crippen LogP contribution in [0.5, 0.6) is 5.75 Å². The zero-order chi connectivity index (χ0) is 21.3. The van der Waals surface area contributed by atoms with Crippen molar-refractivity contribution in [2.45, 2.75) is 6.54 Å². The van der Waals surface area contributed by atoms with Crippen LogP contribution >= 0.6 is 15.9 Å². The Morgan fingerprint density at radius 3 is 2.23 bits per heavy atom. The molecule has 0 atom stereocenters. The van der Waals surface area contributed by atoms with E-state index < -0.39 is 0 Å². The number of methoxy groups -OCH3 is 1. The predicted octanol–water partition coefficient (Wildman–Crippen LogP) is 4.55. The van der Waals surface area contributed by atoms with Gasteiger partial charge in [0, 0.05) is 16.6 Å². The summed E-state index contributed by atoms with van der Waals surface area (Å²) in [7, 11) is 1.59. The first-order valence-electron chi connectivity index (χ1n) is 9.30. The lowest BCUT2D eigenvalue weighted by Gasteiger charge is -2.12. The summed E-state index contributed by atoms with van der Waals surface area (Å²) < 4.78 is 6.04. The molecule has 3 rings (SSSR count). The Hall–Kier alpha value is -3.38. The van der Waals surface area contributed by atoms with Crippen LogP contribution in [0.25, 0.3) is 6.08 Å². The van der Waals surface area contributed by atoms with Crippen molar-refractivity contribution in [2.24, 2.45) is 0 Å². The molecule has 0 fully saturated rings. The van der Waals surface area contributed by atoms with E-state index >= 15 is 0 Å². The molecule has 0 aliphatic heterocycles. The minimum Gasteiger partial charge on any atom is -0.497 e. The Morgan fingerprint density at radius 2 is 1.60 bits per heavy atom. The summed E-state index contributed by atoms with van der Waals surface area (Å²) in [5, 5.41) is 5.58. The van der Waals surface area contributed by atoms with E-state index in [1.54, 1.807) is 49.6 Å². The summed E-state index contributed by atoms with van der Waals surface area (Å²) in [5.74, 6) is -0.0293. The number of amides is 2. The van der Waals surface area contributed by atoms with Crippen molar-refractivity contribution in [3.8, 4) is 5.75 Å². The number of ether oxygens (including phenoxy) is 1. The second-order valence-corrected chi connectivity index (χ2v) is 7.38. The first kappa shape index (κ1) is 21.3. The highest BCUT2D eigenvalue weighted by atomic mass is 79.9. The van der Waals surface area contributed by atoms with Crippen LogP contribution in [0.15, 0.2) is 89.0 Å². The molecule has 5 nitrogen and oxygen atoms in total. The highest BCUT2D eigenvalue weighted by molar-refractivity contribution is 9.10. The molecule has 0 saturated heterocycles. The van der Waals surface area contributed by atoms with Crippen LogP contribution in [0.1, 0.15) is 21.5 Å². The molecule has 0 aromatic heterocycles. The molecule has 0 saturated carbocycles. The maximum absolute atomic E-state index is 12.8. The van der Waals surface area contributed by atoms with Crippen molar-refractivity contribution in [2.75, 3.05) is 7.11 Å². The fraction of sp³-hybridized carbons (Fsp3) is 0.0833. The smallest absolute Gasteiger partial charge is 0.268 e. The van der Waals surface area contributed by atoms with Crippen molar-refractivity contribution < 1.29 is 14.3 Å². The number of carbonyl (C=O) groups excluding carboxylic acids is 2. The molecule has 0 radical (unpaired) electrons. The Labute approximate surface area is 183 Å². The largest absolute Gasteiger partial charge is 0.497 e. The fourth-order valence-electron chi connectivity index (χ4n) is 2.69. The van der Waals surface area contributed by atoms with Gasteiger partial charge >= 0.3 is 0 Å². The van der Waals surface area contributed by atoms with Crippen molar-refractivity contribution in [3.63, 3.8) is 0 Å². The van der Waals surface area contributed by atoms with Crippen LogP contribution in [0, 0.1) is 0 Å². The second-order valence-electron chi connectivity index (χ2n) is 6.46. The van der Waals surface area contributed by atoms with Gasteiger partial charge in [-0.2, -0.15) is 0 Å². The van der Waals surface area contributed by atoms with E-state index in [0.29, 0.717) is 17.9 Å². The van der Waals surface area contributed by atoms with Gasteiger partial charge in [0.05, 0.1) is 7.11 Å². The third kappa shape index (κ3) is 6.06. The van der Waals surface area contributed by atoms with Gasteiger partial charge < -0.3 is 15.4 Å². The first-order chi connectivity index (χ1) is 14.5. The SMILES string of the molecule is COc1ccc(/C=C(/NC(=O)c2ccc(Br)cc2)C(=O)NCc2ccccc2)cc1.